The van der Waals surface area contributed by atoms with Gasteiger partial charge in [0, 0.05) is 24.8 Å². The summed E-state index contributed by atoms with van der Waals surface area (Å²) in [5.41, 5.74) is 0.210. The molecule has 6 nitrogen and oxygen atoms in total. The van der Waals surface area contributed by atoms with Crippen molar-refractivity contribution in [3.05, 3.63) is 34.9 Å². The van der Waals surface area contributed by atoms with Gasteiger partial charge < -0.3 is 19.5 Å². The number of carboxylic acids is 1. The number of aliphatic carboxylic acids is 1. The minimum absolute atomic E-state index is 0.0531. The molecule has 1 aromatic carbocycles. The Kier molecular flexibility index (Phi) is 5.08. The number of carbonyl (C=O) groups is 2. The summed E-state index contributed by atoms with van der Waals surface area (Å²) in [5, 5.41) is 9.78. The molecule has 1 unspecified atom stereocenters. The highest BCUT2D eigenvalue weighted by Gasteiger charge is 2.45. The highest BCUT2D eigenvalue weighted by atomic mass is 35.5. The summed E-state index contributed by atoms with van der Waals surface area (Å²) in [6.45, 7) is 1.71. The van der Waals surface area contributed by atoms with Crippen molar-refractivity contribution in [3.63, 3.8) is 0 Å². The van der Waals surface area contributed by atoms with Crippen molar-refractivity contribution in [3.8, 4) is 0 Å². The Morgan fingerprint density at radius 3 is 2.46 bits per heavy atom. The number of halogens is 1. The van der Waals surface area contributed by atoms with Crippen LogP contribution in [0.2, 0.25) is 5.02 Å². The Hall–Kier alpha value is -1.63. The molecular weight excluding hydrogens is 334 g/mol. The summed E-state index contributed by atoms with van der Waals surface area (Å²) in [6, 6.07) is 7.31. The van der Waals surface area contributed by atoms with E-state index in [0.29, 0.717) is 37.6 Å². The molecule has 0 saturated carbocycles. The number of carboxylic acid groups (broad SMARTS) is 1. The summed E-state index contributed by atoms with van der Waals surface area (Å²) >= 11 is 5.98. The van der Waals surface area contributed by atoms with E-state index in [1.807, 2.05) is 12.1 Å². The Labute approximate surface area is 145 Å². The van der Waals surface area contributed by atoms with E-state index in [0.717, 1.165) is 5.56 Å². The number of hydrogen-bond donors (Lipinski definition) is 1. The van der Waals surface area contributed by atoms with Gasteiger partial charge in [-0.25, -0.2) is 4.79 Å². The van der Waals surface area contributed by atoms with Gasteiger partial charge in [-0.1, -0.05) is 23.7 Å². The molecule has 1 aromatic rings. The lowest BCUT2D eigenvalue weighted by molar-refractivity contribution is -0.162. The minimum Gasteiger partial charge on any atom is -0.479 e. The summed E-state index contributed by atoms with van der Waals surface area (Å²) in [5.74, 6) is -1.09. The molecule has 0 radical (unpaired) electrons. The molecule has 2 heterocycles. The van der Waals surface area contributed by atoms with E-state index >= 15 is 0 Å². The number of rotatable bonds is 3. The summed E-state index contributed by atoms with van der Waals surface area (Å²) < 4.78 is 10.7. The molecule has 1 N–H and O–H groups in total. The number of ether oxygens (including phenoxy) is 2. The molecule has 130 valence electrons. The van der Waals surface area contributed by atoms with Crippen LogP contribution in [0.15, 0.2) is 24.3 Å². The molecule has 3 rings (SSSR count). The van der Waals surface area contributed by atoms with Crippen molar-refractivity contribution in [2.24, 2.45) is 0 Å². The Morgan fingerprint density at radius 2 is 1.83 bits per heavy atom. The molecule has 2 aliphatic rings. The van der Waals surface area contributed by atoms with E-state index in [-0.39, 0.29) is 19.1 Å². The predicted octanol–water partition coefficient (Wildman–Crippen LogP) is 1.70. The fourth-order valence-electron chi connectivity index (χ4n) is 3.40. The topological polar surface area (TPSA) is 76.1 Å². The third kappa shape index (κ3) is 3.27. The molecule has 7 heteroatoms. The van der Waals surface area contributed by atoms with Crippen LogP contribution >= 0.6 is 11.6 Å². The summed E-state index contributed by atoms with van der Waals surface area (Å²) in [7, 11) is 0. The fourth-order valence-corrected chi connectivity index (χ4v) is 3.53. The number of carbonyl (C=O) groups excluding carboxylic acids is 1. The van der Waals surface area contributed by atoms with Gasteiger partial charge in [-0.15, -0.1) is 0 Å². The maximum atomic E-state index is 13.3. The van der Waals surface area contributed by atoms with E-state index in [1.165, 1.54) is 0 Å². The molecule has 2 aliphatic heterocycles. The first kappa shape index (κ1) is 17.2. The van der Waals surface area contributed by atoms with Crippen LogP contribution in [0.3, 0.4) is 0 Å². The zero-order valence-electron chi connectivity index (χ0n) is 13.2. The van der Waals surface area contributed by atoms with Crippen LogP contribution in [0, 0.1) is 0 Å². The molecule has 0 aliphatic carbocycles. The number of benzene rings is 1. The van der Waals surface area contributed by atoms with E-state index in [2.05, 4.69) is 0 Å². The summed E-state index contributed by atoms with van der Waals surface area (Å²) in [6.07, 6.45) is 0.176. The quantitative estimate of drug-likeness (QED) is 0.895. The van der Waals surface area contributed by atoms with E-state index < -0.39 is 17.5 Å². The molecule has 24 heavy (non-hydrogen) atoms. The number of morpholine rings is 1. The normalized spacial score (nSPS) is 23.7. The van der Waals surface area contributed by atoms with E-state index in [4.69, 9.17) is 26.2 Å². The molecule has 2 fully saturated rings. The third-order valence-electron chi connectivity index (χ3n) is 4.78. The van der Waals surface area contributed by atoms with Gasteiger partial charge in [-0.2, -0.15) is 0 Å². The van der Waals surface area contributed by atoms with Crippen molar-refractivity contribution < 1.29 is 24.2 Å². The molecule has 1 amide bonds. The average Bonchev–Trinajstić information content (AvgIpc) is 2.62. The second-order valence-corrected chi connectivity index (χ2v) is 6.59. The second-order valence-electron chi connectivity index (χ2n) is 6.15. The lowest BCUT2D eigenvalue weighted by Gasteiger charge is -2.42. The standard InChI is InChI=1S/C17H20ClNO5/c18-13-3-1-12(2-4-13)17(5-8-23-9-6-17)16(22)19-7-10-24-14(11-19)15(20)21/h1-4,14H,5-11H2,(H,20,21). The lowest BCUT2D eigenvalue weighted by atomic mass is 9.73. The van der Waals surface area contributed by atoms with Crippen LogP contribution in [-0.2, 0) is 24.5 Å². The number of nitrogens with zero attached hydrogens (tertiary/aromatic N) is 1. The van der Waals surface area contributed by atoms with Crippen molar-refractivity contribution in [1.29, 1.82) is 0 Å². The van der Waals surface area contributed by atoms with E-state index in [1.54, 1.807) is 17.0 Å². The van der Waals surface area contributed by atoms with Gasteiger partial charge in [0.1, 0.15) is 0 Å². The zero-order valence-corrected chi connectivity index (χ0v) is 14.0. The Balaban J connectivity index is 1.89. The molecule has 0 aromatic heterocycles. The predicted molar refractivity (Wildman–Crippen MR) is 87.1 cm³/mol. The first-order chi connectivity index (χ1) is 11.5. The highest BCUT2D eigenvalue weighted by molar-refractivity contribution is 6.30. The van der Waals surface area contributed by atoms with Crippen LogP contribution in [-0.4, -0.2) is 60.9 Å². The number of amides is 1. The van der Waals surface area contributed by atoms with E-state index in [9.17, 15) is 9.59 Å². The first-order valence-electron chi connectivity index (χ1n) is 8.00. The zero-order chi connectivity index (χ0) is 17.2. The van der Waals surface area contributed by atoms with Crippen LogP contribution < -0.4 is 0 Å². The van der Waals surface area contributed by atoms with Gasteiger partial charge in [0.15, 0.2) is 6.10 Å². The van der Waals surface area contributed by atoms with Gasteiger partial charge >= 0.3 is 5.97 Å². The van der Waals surface area contributed by atoms with Gasteiger partial charge in [-0.3, -0.25) is 4.79 Å². The first-order valence-corrected chi connectivity index (χ1v) is 8.38. The molecule has 0 spiro atoms. The molecular formula is C17H20ClNO5. The SMILES string of the molecule is O=C(O)C1CN(C(=O)C2(c3ccc(Cl)cc3)CCOCC2)CCO1. The Bertz CT molecular complexity index is 612. The Morgan fingerprint density at radius 1 is 1.17 bits per heavy atom. The largest absolute Gasteiger partial charge is 0.479 e. The minimum atomic E-state index is -1.04. The van der Waals surface area contributed by atoms with Gasteiger partial charge in [0.05, 0.1) is 18.6 Å². The lowest BCUT2D eigenvalue weighted by Crippen LogP contribution is -2.56. The van der Waals surface area contributed by atoms with Crippen LogP contribution in [0.1, 0.15) is 18.4 Å². The van der Waals surface area contributed by atoms with Crippen molar-refractivity contribution in [1.82, 2.24) is 4.90 Å². The second kappa shape index (κ2) is 7.09. The maximum absolute atomic E-state index is 13.3. The molecule has 0 bridgehead atoms. The van der Waals surface area contributed by atoms with Gasteiger partial charge in [0.25, 0.3) is 0 Å². The monoisotopic (exact) mass is 353 g/mol. The number of hydrogen-bond acceptors (Lipinski definition) is 4. The van der Waals surface area contributed by atoms with Crippen molar-refractivity contribution in [2.45, 2.75) is 24.4 Å². The average molecular weight is 354 g/mol. The van der Waals surface area contributed by atoms with Crippen LogP contribution in [0.4, 0.5) is 0 Å². The van der Waals surface area contributed by atoms with Crippen LogP contribution in [0.5, 0.6) is 0 Å². The third-order valence-corrected chi connectivity index (χ3v) is 5.03. The van der Waals surface area contributed by atoms with Crippen LogP contribution in [0.25, 0.3) is 0 Å². The smallest absolute Gasteiger partial charge is 0.334 e. The highest BCUT2D eigenvalue weighted by Crippen LogP contribution is 2.37. The molecule has 1 atom stereocenters. The van der Waals surface area contributed by atoms with Crippen molar-refractivity contribution in [2.75, 3.05) is 32.9 Å². The van der Waals surface area contributed by atoms with Crippen molar-refractivity contribution >= 4 is 23.5 Å². The fraction of sp³-hybridized carbons (Fsp3) is 0.529. The van der Waals surface area contributed by atoms with Gasteiger partial charge in [-0.05, 0) is 30.5 Å². The maximum Gasteiger partial charge on any atom is 0.334 e. The summed E-state index contributed by atoms with van der Waals surface area (Å²) in [4.78, 5) is 26.1. The van der Waals surface area contributed by atoms with Gasteiger partial charge in [0.2, 0.25) is 5.91 Å². The molecule has 2 saturated heterocycles.